The van der Waals surface area contributed by atoms with E-state index in [2.05, 4.69) is 15.3 Å². The summed E-state index contributed by atoms with van der Waals surface area (Å²) in [7, 11) is 2.98. The van der Waals surface area contributed by atoms with Gasteiger partial charge in [0.1, 0.15) is 11.9 Å². The number of carboxylic acids is 1. The first-order chi connectivity index (χ1) is 13.3. The van der Waals surface area contributed by atoms with Crippen molar-refractivity contribution in [1.82, 2.24) is 15.3 Å². The third-order valence-corrected chi connectivity index (χ3v) is 4.92. The Morgan fingerprint density at radius 3 is 2.46 bits per heavy atom. The van der Waals surface area contributed by atoms with Gasteiger partial charge in [-0.2, -0.15) is 0 Å². The summed E-state index contributed by atoms with van der Waals surface area (Å²) in [6.45, 7) is 3.44. The summed E-state index contributed by atoms with van der Waals surface area (Å²) in [5.74, 6) is -0.0630. The van der Waals surface area contributed by atoms with Crippen molar-refractivity contribution >= 4 is 34.5 Å². The number of hydrogen-bond acceptors (Lipinski definition) is 7. The van der Waals surface area contributed by atoms with Crippen molar-refractivity contribution in [3.63, 3.8) is 0 Å². The molecular weight excluding hydrogens is 386 g/mol. The zero-order chi connectivity index (χ0) is 20.8. The second-order valence-corrected chi connectivity index (χ2v) is 7.34. The average Bonchev–Trinajstić information content (AvgIpc) is 2.64. The summed E-state index contributed by atoms with van der Waals surface area (Å²) < 4.78 is 10.4. The molecule has 0 aliphatic carbocycles. The number of aromatic amines is 1. The lowest BCUT2D eigenvalue weighted by molar-refractivity contribution is -0.142. The standard InChI is InChI=1S/C18H23N3O6S/c1-9(2)16(18(24)25)21-15(22)8-28-7-14-19-11-6-13(27-4)12(26-3)5-10(11)17(23)20-14/h5-6,9,16H,7-8H2,1-4H3,(H,21,22)(H,24,25)(H,19,20,23). The number of benzene rings is 1. The van der Waals surface area contributed by atoms with E-state index in [1.165, 1.54) is 26.0 Å². The normalized spacial score (nSPS) is 12.0. The minimum Gasteiger partial charge on any atom is -0.493 e. The Morgan fingerprint density at radius 1 is 1.25 bits per heavy atom. The van der Waals surface area contributed by atoms with Crippen LogP contribution in [-0.4, -0.2) is 53.0 Å². The molecule has 28 heavy (non-hydrogen) atoms. The average molecular weight is 409 g/mol. The van der Waals surface area contributed by atoms with Crippen molar-refractivity contribution in [3.8, 4) is 11.5 Å². The molecule has 0 saturated carbocycles. The van der Waals surface area contributed by atoms with Crippen LogP contribution in [0, 0.1) is 5.92 Å². The van der Waals surface area contributed by atoms with Crippen LogP contribution in [0.2, 0.25) is 0 Å². The van der Waals surface area contributed by atoms with Crippen molar-refractivity contribution in [3.05, 3.63) is 28.3 Å². The van der Waals surface area contributed by atoms with Crippen LogP contribution in [0.1, 0.15) is 19.7 Å². The van der Waals surface area contributed by atoms with Crippen molar-refractivity contribution in [2.75, 3.05) is 20.0 Å². The molecule has 2 rings (SSSR count). The van der Waals surface area contributed by atoms with Gasteiger partial charge in [-0.25, -0.2) is 9.78 Å². The van der Waals surface area contributed by atoms with Crippen molar-refractivity contribution in [1.29, 1.82) is 0 Å². The molecule has 0 bridgehead atoms. The smallest absolute Gasteiger partial charge is 0.326 e. The fourth-order valence-corrected chi connectivity index (χ4v) is 3.25. The first-order valence-electron chi connectivity index (χ1n) is 8.51. The first kappa shape index (κ1) is 21.5. The molecule has 2 aromatic rings. The van der Waals surface area contributed by atoms with E-state index in [0.717, 1.165) is 0 Å². The number of carboxylic acid groups (broad SMARTS) is 1. The van der Waals surface area contributed by atoms with Crippen LogP contribution < -0.4 is 20.3 Å². The van der Waals surface area contributed by atoms with Gasteiger partial charge in [-0.15, -0.1) is 11.8 Å². The number of methoxy groups -OCH3 is 2. The molecule has 0 aliphatic rings. The number of ether oxygens (including phenoxy) is 2. The molecule has 1 amide bonds. The third-order valence-electron chi connectivity index (χ3n) is 3.98. The Balaban J connectivity index is 2.07. The predicted molar refractivity (Wildman–Crippen MR) is 106 cm³/mol. The maximum absolute atomic E-state index is 12.3. The van der Waals surface area contributed by atoms with E-state index in [4.69, 9.17) is 14.6 Å². The Morgan fingerprint density at radius 2 is 1.89 bits per heavy atom. The molecule has 1 atom stereocenters. The lowest BCUT2D eigenvalue weighted by Gasteiger charge is -2.17. The largest absolute Gasteiger partial charge is 0.493 e. The van der Waals surface area contributed by atoms with E-state index >= 15 is 0 Å². The molecule has 9 nitrogen and oxygen atoms in total. The van der Waals surface area contributed by atoms with E-state index in [9.17, 15) is 14.4 Å². The van der Waals surface area contributed by atoms with Gasteiger partial charge in [0.2, 0.25) is 5.91 Å². The highest BCUT2D eigenvalue weighted by atomic mass is 32.2. The van der Waals surface area contributed by atoms with Crippen molar-refractivity contribution in [2.24, 2.45) is 5.92 Å². The maximum atomic E-state index is 12.3. The number of nitrogens with zero attached hydrogens (tertiary/aromatic N) is 1. The van der Waals surface area contributed by atoms with Gasteiger partial charge in [0.25, 0.3) is 5.56 Å². The quantitative estimate of drug-likeness (QED) is 0.566. The highest BCUT2D eigenvalue weighted by molar-refractivity contribution is 7.99. The zero-order valence-electron chi connectivity index (χ0n) is 16.1. The Bertz CT molecular complexity index is 927. The van der Waals surface area contributed by atoms with E-state index in [-0.39, 0.29) is 28.9 Å². The van der Waals surface area contributed by atoms with Crippen LogP contribution in [0.4, 0.5) is 0 Å². The molecular formula is C18H23N3O6S. The fraction of sp³-hybridized carbons (Fsp3) is 0.444. The monoisotopic (exact) mass is 409 g/mol. The molecule has 10 heteroatoms. The molecule has 1 unspecified atom stereocenters. The number of rotatable bonds is 9. The second kappa shape index (κ2) is 9.45. The summed E-state index contributed by atoms with van der Waals surface area (Å²) in [6.07, 6.45) is 0. The van der Waals surface area contributed by atoms with Crippen LogP contribution in [0.3, 0.4) is 0 Å². The Kier molecular flexibility index (Phi) is 7.27. The number of amides is 1. The van der Waals surface area contributed by atoms with E-state index in [0.29, 0.717) is 28.2 Å². The van der Waals surface area contributed by atoms with Crippen LogP contribution in [-0.2, 0) is 15.3 Å². The van der Waals surface area contributed by atoms with Gasteiger partial charge in [-0.1, -0.05) is 13.8 Å². The van der Waals surface area contributed by atoms with Crippen molar-refractivity contribution in [2.45, 2.75) is 25.6 Å². The first-order valence-corrected chi connectivity index (χ1v) is 9.67. The summed E-state index contributed by atoms with van der Waals surface area (Å²) in [4.78, 5) is 42.5. The topological polar surface area (TPSA) is 131 Å². The molecule has 0 spiro atoms. The summed E-state index contributed by atoms with van der Waals surface area (Å²) in [6, 6.07) is 2.24. The van der Waals surface area contributed by atoms with Crippen molar-refractivity contribution < 1.29 is 24.2 Å². The Hall–Kier alpha value is -2.75. The number of aliphatic carboxylic acids is 1. The molecule has 1 aromatic heterocycles. The Labute approximate surface area is 165 Å². The molecule has 0 aliphatic heterocycles. The van der Waals surface area contributed by atoms with Gasteiger partial charge < -0.3 is 24.9 Å². The van der Waals surface area contributed by atoms with E-state index in [1.54, 1.807) is 26.0 Å². The molecule has 0 radical (unpaired) electrons. The number of H-pyrrole nitrogens is 1. The summed E-state index contributed by atoms with van der Waals surface area (Å²) in [5, 5.41) is 12.0. The predicted octanol–water partition coefficient (Wildman–Crippen LogP) is 1.40. The number of nitrogens with one attached hydrogen (secondary N) is 2. The van der Waals surface area contributed by atoms with Gasteiger partial charge in [0, 0.05) is 6.07 Å². The number of carbonyl (C=O) groups is 2. The highest BCUT2D eigenvalue weighted by Crippen LogP contribution is 2.30. The number of fused-ring (bicyclic) bond motifs is 1. The van der Waals surface area contributed by atoms with Gasteiger partial charge in [0.15, 0.2) is 11.5 Å². The minimum atomic E-state index is -1.07. The van der Waals surface area contributed by atoms with Gasteiger partial charge in [-0.05, 0) is 12.0 Å². The van der Waals surface area contributed by atoms with Crippen LogP contribution >= 0.6 is 11.8 Å². The van der Waals surface area contributed by atoms with Crippen LogP contribution in [0.15, 0.2) is 16.9 Å². The lowest BCUT2D eigenvalue weighted by Crippen LogP contribution is -2.45. The SMILES string of the molecule is COc1cc2nc(CSCC(=O)NC(C(=O)O)C(C)C)[nH]c(=O)c2cc1OC. The molecule has 1 aromatic carbocycles. The molecule has 152 valence electrons. The highest BCUT2D eigenvalue weighted by Gasteiger charge is 2.23. The number of aromatic nitrogens is 2. The van der Waals surface area contributed by atoms with Crippen LogP contribution in [0.5, 0.6) is 11.5 Å². The van der Waals surface area contributed by atoms with E-state index in [1.807, 2.05) is 0 Å². The van der Waals surface area contributed by atoms with Gasteiger partial charge >= 0.3 is 5.97 Å². The molecule has 0 fully saturated rings. The molecule has 0 saturated heterocycles. The molecule has 3 N–H and O–H groups in total. The van der Waals surface area contributed by atoms with Gasteiger partial charge in [0.05, 0.1) is 36.6 Å². The van der Waals surface area contributed by atoms with Gasteiger partial charge in [-0.3, -0.25) is 9.59 Å². The summed E-state index contributed by atoms with van der Waals surface area (Å²) in [5.41, 5.74) is 0.129. The second-order valence-electron chi connectivity index (χ2n) is 6.36. The van der Waals surface area contributed by atoms with Crippen LogP contribution in [0.25, 0.3) is 10.9 Å². The lowest BCUT2D eigenvalue weighted by atomic mass is 10.1. The fourth-order valence-electron chi connectivity index (χ4n) is 2.55. The number of thioether (sulfide) groups is 1. The summed E-state index contributed by atoms with van der Waals surface area (Å²) >= 11 is 1.22. The number of carbonyl (C=O) groups excluding carboxylic acids is 1. The minimum absolute atomic E-state index is 0.0458. The zero-order valence-corrected chi connectivity index (χ0v) is 16.9. The third kappa shape index (κ3) is 5.16. The maximum Gasteiger partial charge on any atom is 0.326 e. The van der Waals surface area contributed by atoms with E-state index < -0.39 is 12.0 Å². The molecule has 1 heterocycles. The number of hydrogen-bond donors (Lipinski definition) is 3.